The summed E-state index contributed by atoms with van der Waals surface area (Å²) in [6.45, 7) is 1.04. The van der Waals surface area contributed by atoms with E-state index in [4.69, 9.17) is 10.5 Å². The van der Waals surface area contributed by atoms with Gasteiger partial charge in [-0.1, -0.05) is 12.2 Å². The number of nitrogens with two attached hydrogens (primary N) is 1. The molecule has 0 radical (unpaired) electrons. The molecule has 3 N–H and O–H groups in total. The zero-order valence-corrected chi connectivity index (χ0v) is 17.6. The van der Waals surface area contributed by atoms with Crippen LogP contribution >= 0.6 is 0 Å². The standard InChI is InChI=1S/C25H26F3N3O/c26-18-3-6-22(28)17(12-18)2-1-10-30-20-5-8-25(32-15-20)23(29)13-16-9-11-31-24-7-4-19(27)14-21(16)24/h1-4,6-7,9,11-12,14,20,23,25,30H,5,8,10,13,15,29H2/b2-1+/t20-,23?,25+/m1/s1. The van der Waals surface area contributed by atoms with Crippen LogP contribution in [0.5, 0.6) is 0 Å². The van der Waals surface area contributed by atoms with Crippen molar-refractivity contribution in [3.63, 3.8) is 0 Å². The van der Waals surface area contributed by atoms with Crippen LogP contribution in [0.25, 0.3) is 17.0 Å². The molecular weight excluding hydrogens is 415 g/mol. The van der Waals surface area contributed by atoms with Crippen LogP contribution in [0.3, 0.4) is 0 Å². The largest absolute Gasteiger partial charge is 0.375 e. The average molecular weight is 441 g/mol. The van der Waals surface area contributed by atoms with Gasteiger partial charge in [-0.2, -0.15) is 0 Å². The molecule has 32 heavy (non-hydrogen) atoms. The van der Waals surface area contributed by atoms with Gasteiger partial charge in [-0.25, -0.2) is 13.2 Å². The van der Waals surface area contributed by atoms with E-state index >= 15 is 0 Å². The molecule has 2 aromatic carbocycles. The van der Waals surface area contributed by atoms with Crippen molar-refractivity contribution in [2.45, 2.75) is 37.5 Å². The summed E-state index contributed by atoms with van der Waals surface area (Å²) in [4.78, 5) is 4.28. The van der Waals surface area contributed by atoms with E-state index in [1.165, 1.54) is 18.2 Å². The van der Waals surface area contributed by atoms with Crippen molar-refractivity contribution in [1.82, 2.24) is 10.3 Å². The maximum atomic E-state index is 13.7. The third-order valence-corrected chi connectivity index (χ3v) is 5.82. The summed E-state index contributed by atoms with van der Waals surface area (Å²) >= 11 is 0. The minimum Gasteiger partial charge on any atom is -0.375 e. The van der Waals surface area contributed by atoms with E-state index in [9.17, 15) is 13.2 Å². The smallest absolute Gasteiger partial charge is 0.130 e. The van der Waals surface area contributed by atoms with Crippen LogP contribution in [0.2, 0.25) is 0 Å². The number of hydrogen-bond acceptors (Lipinski definition) is 4. The number of halogens is 3. The van der Waals surface area contributed by atoms with E-state index in [1.807, 2.05) is 6.07 Å². The topological polar surface area (TPSA) is 60.2 Å². The summed E-state index contributed by atoms with van der Waals surface area (Å²) in [6.07, 6.45) is 7.24. The Balaban J connectivity index is 1.26. The van der Waals surface area contributed by atoms with Crippen molar-refractivity contribution >= 4 is 17.0 Å². The van der Waals surface area contributed by atoms with Crippen molar-refractivity contribution < 1.29 is 17.9 Å². The Morgan fingerprint density at radius 2 is 1.91 bits per heavy atom. The highest BCUT2D eigenvalue weighted by atomic mass is 19.1. The van der Waals surface area contributed by atoms with Gasteiger partial charge in [0.2, 0.25) is 0 Å². The van der Waals surface area contributed by atoms with E-state index in [1.54, 1.807) is 24.4 Å². The molecular formula is C25H26F3N3O. The molecule has 1 unspecified atom stereocenters. The molecule has 168 valence electrons. The van der Waals surface area contributed by atoms with Gasteiger partial charge in [0.15, 0.2) is 0 Å². The second kappa shape index (κ2) is 10.3. The first kappa shape index (κ1) is 22.5. The third kappa shape index (κ3) is 5.54. The lowest BCUT2D eigenvalue weighted by molar-refractivity contribution is -0.0156. The van der Waals surface area contributed by atoms with Gasteiger partial charge in [-0.3, -0.25) is 4.98 Å². The van der Waals surface area contributed by atoms with Gasteiger partial charge in [-0.05, 0) is 67.3 Å². The molecule has 7 heteroatoms. The summed E-state index contributed by atoms with van der Waals surface area (Å²) in [6, 6.07) is 9.79. The van der Waals surface area contributed by atoms with Crippen LogP contribution in [-0.4, -0.2) is 36.3 Å². The van der Waals surface area contributed by atoms with Crippen LogP contribution in [0.15, 0.2) is 54.7 Å². The molecule has 0 saturated carbocycles. The number of nitrogens with one attached hydrogen (secondary N) is 1. The monoisotopic (exact) mass is 441 g/mol. The Morgan fingerprint density at radius 3 is 2.72 bits per heavy atom. The second-order valence-corrected chi connectivity index (χ2v) is 8.12. The van der Waals surface area contributed by atoms with Gasteiger partial charge in [-0.15, -0.1) is 0 Å². The Hall–Kier alpha value is -2.74. The number of benzene rings is 2. The molecule has 1 fully saturated rings. The van der Waals surface area contributed by atoms with Crippen LogP contribution in [0, 0.1) is 17.5 Å². The van der Waals surface area contributed by atoms with Crippen LogP contribution in [-0.2, 0) is 11.2 Å². The number of nitrogens with zero attached hydrogens (tertiary/aromatic N) is 1. The molecule has 0 aliphatic carbocycles. The van der Waals surface area contributed by atoms with Crippen LogP contribution in [0.4, 0.5) is 13.2 Å². The molecule has 1 saturated heterocycles. The van der Waals surface area contributed by atoms with Crippen molar-refractivity contribution in [3.05, 3.63) is 83.3 Å². The maximum absolute atomic E-state index is 13.7. The highest BCUT2D eigenvalue weighted by molar-refractivity contribution is 5.82. The molecule has 1 aliphatic rings. The predicted octanol–water partition coefficient (Wildman–Crippen LogP) is 4.37. The van der Waals surface area contributed by atoms with Crippen molar-refractivity contribution in [3.8, 4) is 0 Å². The summed E-state index contributed by atoms with van der Waals surface area (Å²) in [5.41, 5.74) is 8.36. The van der Waals surface area contributed by atoms with Gasteiger partial charge < -0.3 is 15.8 Å². The molecule has 0 spiro atoms. The van der Waals surface area contributed by atoms with E-state index in [0.29, 0.717) is 19.6 Å². The molecule has 0 amide bonds. The van der Waals surface area contributed by atoms with Crippen LogP contribution in [0.1, 0.15) is 24.0 Å². The number of hydrogen-bond donors (Lipinski definition) is 2. The highest BCUT2D eigenvalue weighted by Gasteiger charge is 2.26. The van der Waals surface area contributed by atoms with Gasteiger partial charge in [0.1, 0.15) is 17.5 Å². The number of fused-ring (bicyclic) bond motifs is 1. The first-order chi connectivity index (χ1) is 15.5. The number of ether oxygens (including phenoxy) is 1. The summed E-state index contributed by atoms with van der Waals surface area (Å²) in [5, 5.41) is 4.12. The number of aromatic nitrogens is 1. The van der Waals surface area contributed by atoms with Gasteiger partial charge in [0, 0.05) is 35.8 Å². The fourth-order valence-corrected chi connectivity index (χ4v) is 4.07. The minimum atomic E-state index is -0.466. The van der Waals surface area contributed by atoms with Gasteiger partial charge in [0.25, 0.3) is 0 Å². The van der Waals surface area contributed by atoms with Crippen molar-refractivity contribution in [1.29, 1.82) is 0 Å². The fourth-order valence-electron chi connectivity index (χ4n) is 4.07. The van der Waals surface area contributed by atoms with Crippen molar-refractivity contribution in [2.24, 2.45) is 5.73 Å². The Morgan fingerprint density at radius 1 is 1.09 bits per heavy atom. The summed E-state index contributed by atoms with van der Waals surface area (Å²) in [5.74, 6) is -1.21. The zero-order chi connectivity index (χ0) is 22.5. The third-order valence-electron chi connectivity index (χ3n) is 5.82. The SMILES string of the molecule is NC(Cc1ccnc2ccc(F)cc12)[C@@H]1CC[C@@H](NC/C=C/c2cc(F)ccc2F)CO1. The minimum absolute atomic E-state index is 0.0817. The molecule has 0 bridgehead atoms. The van der Waals surface area contributed by atoms with E-state index in [-0.39, 0.29) is 29.6 Å². The highest BCUT2D eigenvalue weighted by Crippen LogP contribution is 2.23. The van der Waals surface area contributed by atoms with E-state index < -0.39 is 11.6 Å². The Bertz CT molecular complexity index is 1100. The lowest BCUT2D eigenvalue weighted by Crippen LogP contribution is -2.47. The molecule has 2 heterocycles. The lowest BCUT2D eigenvalue weighted by atomic mass is 9.94. The van der Waals surface area contributed by atoms with Gasteiger partial charge >= 0.3 is 0 Å². The lowest BCUT2D eigenvalue weighted by Gasteiger charge is -2.33. The molecule has 1 aromatic heterocycles. The number of rotatable bonds is 7. The summed E-state index contributed by atoms with van der Waals surface area (Å²) < 4.78 is 46.5. The Labute approximate surface area is 185 Å². The molecule has 4 rings (SSSR count). The van der Waals surface area contributed by atoms with Crippen LogP contribution < -0.4 is 11.1 Å². The fraction of sp³-hybridized carbons (Fsp3) is 0.320. The molecule has 3 atom stereocenters. The van der Waals surface area contributed by atoms with Gasteiger partial charge in [0.05, 0.1) is 18.2 Å². The summed E-state index contributed by atoms with van der Waals surface area (Å²) in [7, 11) is 0. The predicted molar refractivity (Wildman–Crippen MR) is 120 cm³/mol. The zero-order valence-electron chi connectivity index (χ0n) is 17.6. The van der Waals surface area contributed by atoms with E-state index in [2.05, 4.69) is 10.3 Å². The first-order valence-electron chi connectivity index (χ1n) is 10.7. The van der Waals surface area contributed by atoms with E-state index in [0.717, 1.165) is 41.4 Å². The first-order valence-corrected chi connectivity index (χ1v) is 10.7. The molecule has 4 nitrogen and oxygen atoms in total. The van der Waals surface area contributed by atoms with Crippen molar-refractivity contribution in [2.75, 3.05) is 13.2 Å². The second-order valence-electron chi connectivity index (χ2n) is 8.12. The molecule has 3 aromatic rings. The number of pyridine rings is 1. The average Bonchev–Trinajstić information content (AvgIpc) is 2.79. The molecule has 1 aliphatic heterocycles. The normalized spacial score (nSPS) is 20.1. The Kier molecular flexibility index (Phi) is 7.19. The quantitative estimate of drug-likeness (QED) is 0.572. The maximum Gasteiger partial charge on any atom is 0.130 e.